The summed E-state index contributed by atoms with van der Waals surface area (Å²) in [6.07, 6.45) is 3.54. The Bertz CT molecular complexity index is 913. The van der Waals surface area contributed by atoms with E-state index in [2.05, 4.69) is 20.4 Å². The van der Waals surface area contributed by atoms with Crippen LogP contribution in [0.4, 0.5) is 0 Å². The third kappa shape index (κ3) is 3.08. The number of benzene rings is 1. The Labute approximate surface area is 149 Å². The fraction of sp³-hybridized carbons (Fsp3) is 0.222. The predicted molar refractivity (Wildman–Crippen MR) is 91.9 cm³/mol. The van der Waals surface area contributed by atoms with E-state index >= 15 is 0 Å². The van der Waals surface area contributed by atoms with Crippen molar-refractivity contribution in [3.05, 3.63) is 60.8 Å². The molecule has 132 valence electrons. The predicted octanol–water partition coefficient (Wildman–Crippen LogP) is 1.51. The Balaban J connectivity index is 1.47. The molecule has 1 N–H and O–H groups in total. The number of hydrogen-bond donors (Lipinski definition) is 1. The lowest BCUT2D eigenvalue weighted by Crippen LogP contribution is -2.48. The van der Waals surface area contributed by atoms with E-state index in [0.717, 1.165) is 5.56 Å². The summed E-state index contributed by atoms with van der Waals surface area (Å²) >= 11 is 0. The van der Waals surface area contributed by atoms with E-state index in [9.17, 15) is 4.79 Å². The first kappa shape index (κ1) is 16.1. The fourth-order valence-electron chi connectivity index (χ4n) is 2.78. The maximum Gasteiger partial charge on any atom is 0.265 e. The monoisotopic (exact) mass is 351 g/mol. The standard InChI is InChI=1S/C18H17N5O3/c1-12-16(26-15-7-3-2-6-14(15)25-12)18(24)21-9-13-5-4-8-20-17(13)23-11-19-10-22-23/h2-8,10-12,16H,9H2,1H3,(H,21,24). The molecule has 8 heteroatoms. The number of amides is 1. The van der Waals surface area contributed by atoms with E-state index in [4.69, 9.17) is 9.47 Å². The lowest BCUT2D eigenvalue weighted by Gasteiger charge is -2.31. The van der Waals surface area contributed by atoms with E-state index in [0.29, 0.717) is 17.3 Å². The van der Waals surface area contributed by atoms with Gasteiger partial charge in [0.15, 0.2) is 17.3 Å². The molecule has 2 atom stereocenters. The van der Waals surface area contributed by atoms with E-state index in [-0.39, 0.29) is 12.5 Å². The number of ether oxygens (including phenoxy) is 2. The summed E-state index contributed by atoms with van der Waals surface area (Å²) in [4.78, 5) is 20.9. The molecule has 0 spiro atoms. The van der Waals surface area contributed by atoms with Crippen LogP contribution in [-0.2, 0) is 11.3 Å². The van der Waals surface area contributed by atoms with E-state index in [1.54, 1.807) is 29.3 Å². The van der Waals surface area contributed by atoms with Crippen LogP contribution in [0.25, 0.3) is 5.82 Å². The molecule has 2 aromatic heterocycles. The van der Waals surface area contributed by atoms with Crippen LogP contribution < -0.4 is 14.8 Å². The minimum Gasteiger partial charge on any atom is -0.482 e. The maximum absolute atomic E-state index is 12.6. The Kier molecular flexibility index (Phi) is 4.22. The van der Waals surface area contributed by atoms with Gasteiger partial charge in [0, 0.05) is 18.3 Å². The molecule has 1 aromatic carbocycles. The summed E-state index contributed by atoms with van der Waals surface area (Å²) in [6, 6.07) is 11.0. The zero-order chi connectivity index (χ0) is 17.9. The largest absolute Gasteiger partial charge is 0.482 e. The molecule has 0 bridgehead atoms. The van der Waals surface area contributed by atoms with Crippen molar-refractivity contribution in [1.29, 1.82) is 0 Å². The van der Waals surface area contributed by atoms with Crippen LogP contribution in [0.5, 0.6) is 11.5 Å². The molecule has 1 aliphatic heterocycles. The minimum atomic E-state index is -0.726. The fourth-order valence-corrected chi connectivity index (χ4v) is 2.78. The molecule has 2 unspecified atom stereocenters. The van der Waals surface area contributed by atoms with Gasteiger partial charge in [-0.1, -0.05) is 18.2 Å². The quantitative estimate of drug-likeness (QED) is 0.766. The molecule has 0 radical (unpaired) electrons. The number of rotatable bonds is 4. The number of hydrogen-bond acceptors (Lipinski definition) is 6. The van der Waals surface area contributed by atoms with E-state index < -0.39 is 12.2 Å². The molecule has 3 aromatic rings. The van der Waals surface area contributed by atoms with Gasteiger partial charge in [-0.05, 0) is 25.1 Å². The second-order valence-corrected chi connectivity index (χ2v) is 5.85. The lowest BCUT2D eigenvalue weighted by molar-refractivity contribution is -0.133. The highest BCUT2D eigenvalue weighted by Crippen LogP contribution is 2.33. The Morgan fingerprint density at radius 3 is 2.77 bits per heavy atom. The Hall–Kier alpha value is -3.42. The number of carbonyl (C=O) groups excluding carboxylic acids is 1. The van der Waals surface area contributed by atoms with Gasteiger partial charge in [-0.2, -0.15) is 5.10 Å². The van der Waals surface area contributed by atoms with Crippen LogP contribution in [0.2, 0.25) is 0 Å². The van der Waals surface area contributed by atoms with Gasteiger partial charge in [0.1, 0.15) is 18.8 Å². The van der Waals surface area contributed by atoms with Gasteiger partial charge in [-0.25, -0.2) is 14.6 Å². The molecule has 0 fully saturated rings. The molecule has 1 amide bonds. The lowest BCUT2D eigenvalue weighted by atomic mass is 10.1. The number of pyridine rings is 1. The van der Waals surface area contributed by atoms with E-state index in [1.165, 1.54) is 6.33 Å². The number of carbonyl (C=O) groups is 1. The molecule has 0 saturated carbocycles. The van der Waals surface area contributed by atoms with Gasteiger partial charge in [-0.3, -0.25) is 4.79 Å². The van der Waals surface area contributed by atoms with E-state index in [1.807, 2.05) is 31.2 Å². The third-order valence-corrected chi connectivity index (χ3v) is 4.06. The Morgan fingerprint density at radius 1 is 1.19 bits per heavy atom. The summed E-state index contributed by atoms with van der Waals surface area (Å²) in [7, 11) is 0. The van der Waals surface area contributed by atoms with Crippen molar-refractivity contribution in [2.75, 3.05) is 0 Å². The molecular weight excluding hydrogens is 334 g/mol. The van der Waals surface area contributed by atoms with Crippen LogP contribution in [-0.4, -0.2) is 37.9 Å². The summed E-state index contributed by atoms with van der Waals surface area (Å²) in [5, 5.41) is 6.97. The molecule has 0 aliphatic carbocycles. The van der Waals surface area contributed by atoms with Crippen LogP contribution in [0, 0.1) is 0 Å². The van der Waals surface area contributed by atoms with Crippen molar-refractivity contribution in [1.82, 2.24) is 25.1 Å². The zero-order valence-electron chi connectivity index (χ0n) is 14.1. The van der Waals surface area contributed by atoms with Gasteiger partial charge in [-0.15, -0.1) is 0 Å². The van der Waals surface area contributed by atoms with Gasteiger partial charge in [0.05, 0.1) is 0 Å². The first-order chi connectivity index (χ1) is 12.7. The highest BCUT2D eigenvalue weighted by atomic mass is 16.6. The normalized spacial score (nSPS) is 18.3. The molecule has 0 saturated heterocycles. The minimum absolute atomic E-state index is 0.250. The topological polar surface area (TPSA) is 91.2 Å². The van der Waals surface area contributed by atoms with Gasteiger partial charge in [0.2, 0.25) is 6.10 Å². The number of nitrogens with zero attached hydrogens (tertiary/aromatic N) is 4. The molecule has 4 rings (SSSR count). The number of aromatic nitrogens is 4. The molecule has 3 heterocycles. The summed E-state index contributed by atoms with van der Waals surface area (Å²) in [5.41, 5.74) is 0.816. The SMILES string of the molecule is CC1Oc2ccccc2OC1C(=O)NCc1cccnc1-n1cncn1. The molecule has 1 aliphatic rings. The first-order valence-electron chi connectivity index (χ1n) is 8.21. The maximum atomic E-state index is 12.6. The molecule has 26 heavy (non-hydrogen) atoms. The second-order valence-electron chi connectivity index (χ2n) is 5.85. The molecule has 8 nitrogen and oxygen atoms in total. The highest BCUT2D eigenvalue weighted by Gasteiger charge is 2.33. The van der Waals surface area contributed by atoms with Gasteiger partial charge < -0.3 is 14.8 Å². The van der Waals surface area contributed by atoms with Crippen LogP contribution >= 0.6 is 0 Å². The summed E-state index contributed by atoms with van der Waals surface area (Å²) in [6.45, 7) is 2.10. The van der Waals surface area contributed by atoms with Crippen molar-refractivity contribution in [2.24, 2.45) is 0 Å². The highest BCUT2D eigenvalue weighted by molar-refractivity contribution is 5.82. The second kappa shape index (κ2) is 6.83. The number of nitrogens with one attached hydrogen (secondary N) is 1. The average molecular weight is 351 g/mol. The Morgan fingerprint density at radius 2 is 2.00 bits per heavy atom. The third-order valence-electron chi connectivity index (χ3n) is 4.06. The van der Waals surface area contributed by atoms with Crippen molar-refractivity contribution in [3.63, 3.8) is 0 Å². The first-order valence-corrected chi connectivity index (χ1v) is 8.21. The van der Waals surface area contributed by atoms with Crippen LogP contribution in [0.15, 0.2) is 55.2 Å². The smallest absolute Gasteiger partial charge is 0.265 e. The summed E-state index contributed by atoms with van der Waals surface area (Å²) in [5.74, 6) is 1.57. The van der Waals surface area contributed by atoms with Crippen molar-refractivity contribution in [2.45, 2.75) is 25.7 Å². The molecular formula is C18H17N5O3. The average Bonchev–Trinajstić information content (AvgIpc) is 3.20. The van der Waals surface area contributed by atoms with Crippen molar-refractivity contribution >= 4 is 5.91 Å². The number of fused-ring (bicyclic) bond motifs is 1. The number of para-hydroxylation sites is 2. The summed E-state index contributed by atoms with van der Waals surface area (Å²) < 4.78 is 13.2. The van der Waals surface area contributed by atoms with Gasteiger partial charge >= 0.3 is 0 Å². The van der Waals surface area contributed by atoms with Gasteiger partial charge in [0.25, 0.3) is 5.91 Å². The van der Waals surface area contributed by atoms with Crippen molar-refractivity contribution < 1.29 is 14.3 Å². The van der Waals surface area contributed by atoms with Crippen molar-refractivity contribution in [3.8, 4) is 17.3 Å². The zero-order valence-corrected chi connectivity index (χ0v) is 14.1. The van der Waals surface area contributed by atoms with Crippen LogP contribution in [0.3, 0.4) is 0 Å². The van der Waals surface area contributed by atoms with Crippen LogP contribution in [0.1, 0.15) is 12.5 Å².